The Morgan fingerprint density at radius 3 is 2.45 bits per heavy atom. The van der Waals surface area contributed by atoms with E-state index in [1.807, 2.05) is 0 Å². The third kappa shape index (κ3) is 1.49. The molecule has 0 aliphatic carbocycles. The number of nitrogens with zero attached hydrogens (tertiary/aromatic N) is 3. The van der Waals surface area contributed by atoms with E-state index in [1.165, 1.54) is 6.19 Å². The summed E-state index contributed by atoms with van der Waals surface area (Å²) < 4.78 is 35.8. The van der Waals surface area contributed by atoms with E-state index in [4.69, 9.17) is 5.26 Å². The van der Waals surface area contributed by atoms with Gasteiger partial charge in [0.2, 0.25) is 6.19 Å². The Morgan fingerprint density at radius 1 is 1.55 bits per heavy atom. The van der Waals surface area contributed by atoms with Gasteiger partial charge in [0.25, 0.3) is 0 Å². The van der Waals surface area contributed by atoms with Crippen molar-refractivity contribution in [2.24, 2.45) is 0 Å². The summed E-state index contributed by atoms with van der Waals surface area (Å²) in [5.74, 6) is 0. The molecule has 6 heteroatoms. The van der Waals surface area contributed by atoms with E-state index in [9.17, 15) is 13.2 Å². The van der Waals surface area contributed by atoms with E-state index >= 15 is 0 Å². The first-order valence-electron chi connectivity index (χ1n) is 2.57. The minimum atomic E-state index is -4.47. The molecule has 0 N–H and O–H groups in total. The summed E-state index contributed by atoms with van der Waals surface area (Å²) >= 11 is 0. The molecule has 0 fully saturated rings. The summed E-state index contributed by atoms with van der Waals surface area (Å²) in [5, 5.41) is 11.0. The Bertz CT molecular complexity index is 293. The zero-order chi connectivity index (χ0) is 8.48. The van der Waals surface area contributed by atoms with Crippen molar-refractivity contribution in [3.63, 3.8) is 0 Å². The molecular formula is C5H2F3N3. The Labute approximate surface area is 59.7 Å². The maximum absolute atomic E-state index is 11.8. The number of hydrogen-bond donors (Lipinski definition) is 0. The Balaban J connectivity index is 3.01. The summed E-state index contributed by atoms with van der Waals surface area (Å²) in [5.41, 5.74) is -1.06. The molecule has 0 aromatic carbocycles. The second kappa shape index (κ2) is 2.27. The lowest BCUT2D eigenvalue weighted by Crippen LogP contribution is -2.06. The molecule has 0 amide bonds. The summed E-state index contributed by atoms with van der Waals surface area (Å²) in [7, 11) is 0. The summed E-state index contributed by atoms with van der Waals surface area (Å²) in [6.07, 6.45) is -2.10. The Kier molecular flexibility index (Phi) is 1.57. The monoisotopic (exact) mass is 161 g/mol. The van der Waals surface area contributed by atoms with Gasteiger partial charge in [-0.2, -0.15) is 28.2 Å². The third-order valence-electron chi connectivity index (χ3n) is 0.982. The van der Waals surface area contributed by atoms with Gasteiger partial charge in [-0.15, -0.1) is 0 Å². The van der Waals surface area contributed by atoms with E-state index in [0.29, 0.717) is 4.68 Å². The predicted octanol–water partition coefficient (Wildman–Crippen LogP) is 1.23. The topological polar surface area (TPSA) is 41.6 Å². The number of nitriles is 1. The predicted molar refractivity (Wildman–Crippen MR) is 28.2 cm³/mol. The SMILES string of the molecule is N#Cn1ccc(C(F)(F)F)n1. The average Bonchev–Trinajstić information content (AvgIpc) is 2.32. The van der Waals surface area contributed by atoms with Gasteiger partial charge in [0, 0.05) is 6.20 Å². The van der Waals surface area contributed by atoms with Gasteiger partial charge in [-0.25, -0.2) is 0 Å². The zero-order valence-corrected chi connectivity index (χ0v) is 5.13. The van der Waals surface area contributed by atoms with Crippen molar-refractivity contribution < 1.29 is 13.2 Å². The van der Waals surface area contributed by atoms with Crippen LogP contribution < -0.4 is 0 Å². The van der Waals surface area contributed by atoms with Crippen molar-refractivity contribution in [2.75, 3.05) is 0 Å². The summed E-state index contributed by atoms with van der Waals surface area (Å²) in [6.45, 7) is 0. The molecule has 0 spiro atoms. The molecule has 11 heavy (non-hydrogen) atoms. The van der Waals surface area contributed by atoms with Crippen LogP contribution in [-0.2, 0) is 6.18 Å². The Morgan fingerprint density at radius 2 is 2.18 bits per heavy atom. The molecule has 0 saturated carbocycles. The van der Waals surface area contributed by atoms with Crippen molar-refractivity contribution in [2.45, 2.75) is 6.18 Å². The molecule has 3 nitrogen and oxygen atoms in total. The number of alkyl halides is 3. The van der Waals surface area contributed by atoms with Crippen LogP contribution in [0, 0.1) is 11.5 Å². The fraction of sp³-hybridized carbons (Fsp3) is 0.200. The minimum absolute atomic E-state index is 0.544. The van der Waals surface area contributed by atoms with Crippen LogP contribution >= 0.6 is 0 Å². The van der Waals surface area contributed by atoms with Crippen LogP contribution in [0.2, 0.25) is 0 Å². The molecule has 0 radical (unpaired) electrons. The van der Waals surface area contributed by atoms with Crippen LogP contribution in [0.5, 0.6) is 0 Å². The zero-order valence-electron chi connectivity index (χ0n) is 5.13. The highest BCUT2D eigenvalue weighted by Crippen LogP contribution is 2.26. The first kappa shape index (κ1) is 7.60. The second-order valence-electron chi connectivity index (χ2n) is 1.74. The molecule has 0 bridgehead atoms. The van der Waals surface area contributed by atoms with Crippen molar-refractivity contribution >= 4 is 0 Å². The largest absolute Gasteiger partial charge is 0.435 e. The number of hydrogen-bond acceptors (Lipinski definition) is 2. The van der Waals surface area contributed by atoms with E-state index in [0.717, 1.165) is 12.3 Å². The highest BCUT2D eigenvalue weighted by molar-refractivity contribution is 5.05. The van der Waals surface area contributed by atoms with Gasteiger partial charge in [0.15, 0.2) is 5.69 Å². The minimum Gasteiger partial charge on any atom is -0.174 e. The quantitative estimate of drug-likeness (QED) is 0.574. The highest BCUT2D eigenvalue weighted by atomic mass is 19.4. The molecular weight excluding hydrogens is 159 g/mol. The summed E-state index contributed by atoms with van der Waals surface area (Å²) in [4.78, 5) is 0. The Hall–Kier alpha value is -1.51. The first-order valence-corrected chi connectivity index (χ1v) is 2.57. The van der Waals surface area contributed by atoms with E-state index in [2.05, 4.69) is 5.10 Å². The lowest BCUT2D eigenvalue weighted by Gasteiger charge is -1.98. The van der Waals surface area contributed by atoms with Crippen molar-refractivity contribution in [3.8, 4) is 6.19 Å². The average molecular weight is 161 g/mol. The van der Waals surface area contributed by atoms with E-state index < -0.39 is 11.9 Å². The molecule has 1 aromatic rings. The standard InChI is InChI=1S/C5H2F3N3/c6-5(7,8)4-1-2-11(3-9)10-4/h1-2H. The summed E-state index contributed by atoms with van der Waals surface area (Å²) in [6, 6.07) is 0.739. The number of aromatic nitrogens is 2. The molecule has 0 unspecified atom stereocenters. The van der Waals surface area contributed by atoms with Crippen LogP contribution in [0.15, 0.2) is 12.3 Å². The van der Waals surface area contributed by atoms with Crippen LogP contribution in [0.1, 0.15) is 5.69 Å². The van der Waals surface area contributed by atoms with Gasteiger partial charge in [-0.05, 0) is 6.07 Å². The lowest BCUT2D eigenvalue weighted by molar-refractivity contribution is -0.141. The van der Waals surface area contributed by atoms with Gasteiger partial charge in [-0.3, -0.25) is 0 Å². The van der Waals surface area contributed by atoms with Crippen LogP contribution in [0.4, 0.5) is 13.2 Å². The smallest absolute Gasteiger partial charge is 0.174 e. The molecule has 1 rings (SSSR count). The highest BCUT2D eigenvalue weighted by Gasteiger charge is 2.33. The maximum Gasteiger partial charge on any atom is 0.435 e. The molecule has 0 aliphatic heterocycles. The van der Waals surface area contributed by atoms with Gasteiger partial charge in [-0.1, -0.05) is 0 Å². The second-order valence-corrected chi connectivity index (χ2v) is 1.74. The van der Waals surface area contributed by atoms with Crippen molar-refractivity contribution in [3.05, 3.63) is 18.0 Å². The van der Waals surface area contributed by atoms with Crippen LogP contribution in [-0.4, -0.2) is 9.78 Å². The molecule has 0 saturated heterocycles. The van der Waals surface area contributed by atoms with Crippen molar-refractivity contribution in [1.82, 2.24) is 9.78 Å². The van der Waals surface area contributed by atoms with E-state index in [-0.39, 0.29) is 0 Å². The normalized spacial score (nSPS) is 11.1. The fourth-order valence-corrected chi connectivity index (χ4v) is 0.531. The van der Waals surface area contributed by atoms with Crippen LogP contribution in [0.25, 0.3) is 0 Å². The first-order chi connectivity index (χ1) is 5.04. The van der Waals surface area contributed by atoms with Crippen molar-refractivity contribution in [1.29, 1.82) is 5.26 Å². The van der Waals surface area contributed by atoms with E-state index in [1.54, 1.807) is 0 Å². The molecule has 1 aromatic heterocycles. The third-order valence-corrected chi connectivity index (χ3v) is 0.982. The van der Waals surface area contributed by atoms with Gasteiger partial charge < -0.3 is 0 Å². The molecule has 58 valence electrons. The molecule has 1 heterocycles. The fourth-order valence-electron chi connectivity index (χ4n) is 0.531. The van der Waals surface area contributed by atoms with Crippen LogP contribution in [0.3, 0.4) is 0 Å². The number of halogens is 3. The number of rotatable bonds is 0. The molecule has 0 aliphatic rings. The maximum atomic E-state index is 11.8. The van der Waals surface area contributed by atoms with Gasteiger partial charge >= 0.3 is 6.18 Å². The lowest BCUT2D eigenvalue weighted by atomic mass is 10.4. The molecule has 0 atom stereocenters. The van der Waals surface area contributed by atoms with Gasteiger partial charge in [0.1, 0.15) is 0 Å². The van der Waals surface area contributed by atoms with Gasteiger partial charge in [0.05, 0.1) is 0 Å².